The van der Waals surface area contributed by atoms with E-state index in [1.807, 2.05) is 18.2 Å². The van der Waals surface area contributed by atoms with Crippen molar-refractivity contribution >= 4 is 39.8 Å². The quantitative estimate of drug-likeness (QED) is 0.139. The number of aromatic hydroxyl groups is 1. The lowest BCUT2D eigenvalue weighted by atomic mass is 9.91. The molecule has 31 heavy (non-hydrogen) atoms. The molecule has 0 radical (unpaired) electrons. The highest BCUT2D eigenvalue weighted by Gasteiger charge is 2.22. The van der Waals surface area contributed by atoms with Gasteiger partial charge in [-0.05, 0) is 29.0 Å². The Morgan fingerprint density at radius 3 is 1.61 bits per heavy atom. The number of halogens is 4. The van der Waals surface area contributed by atoms with Gasteiger partial charge in [-0.25, -0.2) is 0 Å². The summed E-state index contributed by atoms with van der Waals surface area (Å²) in [5.41, 5.74) is 4.28. The molecule has 0 aliphatic rings. The Morgan fingerprint density at radius 2 is 1.06 bits per heavy atom. The van der Waals surface area contributed by atoms with Crippen LogP contribution in [-0.2, 0) is 7.05 Å². The smallest absolute Gasteiger partial charge is 0.507 e. The molecule has 0 aliphatic carbocycles. The number of phenolic OH excluding ortho intramolecular Hbond substituents is 1. The molecule has 0 amide bonds. The first-order chi connectivity index (χ1) is 14.8. The van der Waals surface area contributed by atoms with Gasteiger partial charge in [0.1, 0.15) is 12.8 Å². The minimum Gasteiger partial charge on any atom is -0.507 e. The van der Waals surface area contributed by atoms with Crippen LogP contribution >= 0.6 is 0 Å². The highest BCUT2D eigenvalue weighted by molar-refractivity contribution is 6.50. The zero-order chi connectivity index (χ0) is 22.2. The molecular weight excluding hydrogens is 405 g/mol. The van der Waals surface area contributed by atoms with Crippen LogP contribution in [0.5, 0.6) is 5.75 Å². The third-order valence-corrected chi connectivity index (χ3v) is 5.23. The molecule has 1 N–H and O–H groups in total. The van der Waals surface area contributed by atoms with Crippen LogP contribution in [0.1, 0.15) is 0 Å². The van der Waals surface area contributed by atoms with Crippen molar-refractivity contribution in [2.75, 3.05) is 0 Å². The SMILES string of the molecule is C[n+]1c2ccccc2c(-c2c(O)ccc3ccccc23)c2ccccc21.F[B-](F)(F)F. The van der Waals surface area contributed by atoms with E-state index in [2.05, 4.69) is 72.3 Å². The lowest BCUT2D eigenvalue weighted by Gasteiger charge is -2.14. The number of fused-ring (bicyclic) bond motifs is 3. The van der Waals surface area contributed by atoms with E-state index in [1.165, 1.54) is 0 Å². The first kappa shape index (κ1) is 20.7. The molecule has 156 valence electrons. The minimum atomic E-state index is -6.00. The molecule has 0 fully saturated rings. The van der Waals surface area contributed by atoms with Crippen LogP contribution in [0.25, 0.3) is 43.7 Å². The van der Waals surface area contributed by atoms with Gasteiger partial charge in [0.25, 0.3) is 0 Å². The van der Waals surface area contributed by atoms with E-state index in [9.17, 15) is 22.4 Å². The third-order valence-electron chi connectivity index (χ3n) is 5.23. The first-order valence-electron chi connectivity index (χ1n) is 9.63. The summed E-state index contributed by atoms with van der Waals surface area (Å²) in [4.78, 5) is 0. The van der Waals surface area contributed by atoms with Gasteiger partial charge in [-0.1, -0.05) is 54.6 Å². The monoisotopic (exact) mass is 423 g/mol. The van der Waals surface area contributed by atoms with Gasteiger partial charge in [-0.2, -0.15) is 4.57 Å². The van der Waals surface area contributed by atoms with E-state index >= 15 is 0 Å². The van der Waals surface area contributed by atoms with Crippen molar-refractivity contribution in [1.82, 2.24) is 0 Å². The number of hydrogen-bond acceptors (Lipinski definition) is 1. The lowest BCUT2D eigenvalue weighted by Crippen LogP contribution is -2.30. The number of phenols is 1. The summed E-state index contributed by atoms with van der Waals surface area (Å²) in [5, 5.41) is 15.3. The van der Waals surface area contributed by atoms with E-state index in [0.717, 1.165) is 43.7 Å². The van der Waals surface area contributed by atoms with Gasteiger partial charge in [-0.15, -0.1) is 0 Å². The molecule has 1 aromatic heterocycles. The topological polar surface area (TPSA) is 24.1 Å². The second-order valence-corrected chi connectivity index (χ2v) is 7.14. The van der Waals surface area contributed by atoms with Gasteiger partial charge in [0.2, 0.25) is 11.0 Å². The number of para-hydroxylation sites is 2. The van der Waals surface area contributed by atoms with E-state index in [1.54, 1.807) is 6.07 Å². The van der Waals surface area contributed by atoms with Crippen LogP contribution in [0.2, 0.25) is 0 Å². The Balaban J connectivity index is 0.000000418. The molecule has 0 spiro atoms. The van der Waals surface area contributed by atoms with Crippen molar-refractivity contribution in [2.45, 2.75) is 0 Å². The van der Waals surface area contributed by atoms with E-state index < -0.39 is 7.25 Å². The molecule has 1 heterocycles. The van der Waals surface area contributed by atoms with E-state index in [4.69, 9.17) is 0 Å². The van der Waals surface area contributed by atoms with Crippen LogP contribution < -0.4 is 4.57 Å². The summed E-state index contributed by atoms with van der Waals surface area (Å²) in [7, 11) is -3.91. The van der Waals surface area contributed by atoms with Gasteiger partial charge in [0.05, 0.1) is 10.8 Å². The highest BCUT2D eigenvalue weighted by atomic mass is 19.5. The minimum absolute atomic E-state index is 0.313. The summed E-state index contributed by atoms with van der Waals surface area (Å²) in [6, 6.07) is 28.8. The van der Waals surface area contributed by atoms with Crippen molar-refractivity contribution in [2.24, 2.45) is 7.05 Å². The second-order valence-electron chi connectivity index (χ2n) is 7.14. The Kier molecular flexibility index (Phi) is 5.27. The fraction of sp³-hybridized carbons (Fsp3) is 0.0417. The number of aryl methyl sites for hydroxylation is 1. The van der Waals surface area contributed by atoms with Crippen LogP contribution in [0.3, 0.4) is 0 Å². The molecule has 0 saturated heterocycles. The van der Waals surface area contributed by atoms with Crippen LogP contribution in [0.4, 0.5) is 17.3 Å². The summed E-state index contributed by atoms with van der Waals surface area (Å²) in [6.45, 7) is 0. The number of hydrogen-bond donors (Lipinski definition) is 1. The molecular formula is C24H18BF4NO. The zero-order valence-electron chi connectivity index (χ0n) is 16.6. The lowest BCUT2D eigenvalue weighted by molar-refractivity contribution is -0.617. The third kappa shape index (κ3) is 4.03. The maximum Gasteiger partial charge on any atom is 0.673 e. The number of benzene rings is 4. The van der Waals surface area contributed by atoms with Crippen LogP contribution in [0.15, 0.2) is 84.9 Å². The van der Waals surface area contributed by atoms with Gasteiger partial charge in [-0.3, -0.25) is 0 Å². The molecule has 4 aromatic carbocycles. The zero-order valence-corrected chi connectivity index (χ0v) is 16.6. The number of pyridine rings is 1. The van der Waals surface area contributed by atoms with E-state index in [0.29, 0.717) is 5.75 Å². The Bertz CT molecular complexity index is 1350. The standard InChI is InChI=1S/C24H17NO.BF4/c1-25-20-12-6-4-10-18(20)23(19-11-5-7-13-21(19)25)24-17-9-3-2-8-16(17)14-15-22(24)26;2-1(3,4)5/h2-15H,1H3;/q;-1/p+1. The number of nitrogens with zero attached hydrogens (tertiary/aromatic N) is 1. The molecule has 0 aliphatic heterocycles. The van der Waals surface area contributed by atoms with Crippen molar-refractivity contribution in [3.63, 3.8) is 0 Å². The summed E-state index contributed by atoms with van der Waals surface area (Å²) < 4.78 is 41.2. The molecule has 5 rings (SSSR count). The molecule has 7 heteroatoms. The van der Waals surface area contributed by atoms with Gasteiger partial charge in [0.15, 0.2) is 0 Å². The van der Waals surface area contributed by atoms with Gasteiger partial charge >= 0.3 is 7.25 Å². The van der Waals surface area contributed by atoms with Crippen LogP contribution in [-0.4, -0.2) is 12.4 Å². The molecule has 0 bridgehead atoms. The Hall–Kier alpha value is -3.61. The average molecular weight is 423 g/mol. The maximum atomic E-state index is 10.8. The van der Waals surface area contributed by atoms with E-state index in [-0.39, 0.29) is 0 Å². The Labute approximate surface area is 176 Å². The summed E-state index contributed by atoms with van der Waals surface area (Å²) in [6.07, 6.45) is 0. The molecule has 2 nitrogen and oxygen atoms in total. The van der Waals surface area contributed by atoms with Crippen LogP contribution in [0, 0.1) is 0 Å². The van der Waals surface area contributed by atoms with Crippen molar-refractivity contribution in [1.29, 1.82) is 0 Å². The number of rotatable bonds is 1. The normalized spacial score (nSPS) is 11.5. The van der Waals surface area contributed by atoms with Gasteiger partial charge < -0.3 is 22.4 Å². The highest BCUT2D eigenvalue weighted by Crippen LogP contribution is 2.42. The second kappa shape index (κ2) is 7.91. The maximum absolute atomic E-state index is 10.8. The molecule has 0 saturated carbocycles. The average Bonchev–Trinajstić information content (AvgIpc) is 2.74. The fourth-order valence-corrected chi connectivity index (χ4v) is 4.02. The van der Waals surface area contributed by atoms with Crippen molar-refractivity contribution < 1.29 is 26.9 Å². The van der Waals surface area contributed by atoms with Crippen molar-refractivity contribution in [3.05, 3.63) is 84.9 Å². The molecule has 0 atom stereocenters. The summed E-state index contributed by atoms with van der Waals surface area (Å²) >= 11 is 0. The largest absolute Gasteiger partial charge is 0.673 e. The number of aromatic nitrogens is 1. The Morgan fingerprint density at radius 1 is 0.613 bits per heavy atom. The fourth-order valence-electron chi connectivity index (χ4n) is 4.02. The predicted molar refractivity (Wildman–Crippen MR) is 117 cm³/mol. The van der Waals surface area contributed by atoms with Gasteiger partial charge in [0, 0.05) is 23.3 Å². The predicted octanol–water partition coefficient (Wildman–Crippen LogP) is 6.64. The molecule has 5 aromatic rings. The molecule has 0 unspecified atom stereocenters. The first-order valence-corrected chi connectivity index (χ1v) is 9.63. The summed E-state index contributed by atoms with van der Waals surface area (Å²) in [5.74, 6) is 0.313. The van der Waals surface area contributed by atoms with Crippen molar-refractivity contribution in [3.8, 4) is 16.9 Å².